The highest BCUT2D eigenvalue weighted by Gasteiger charge is 2.19. The van der Waals surface area contributed by atoms with Crippen LogP contribution in [0.5, 0.6) is 0 Å². The summed E-state index contributed by atoms with van der Waals surface area (Å²) >= 11 is 1.91. The van der Waals surface area contributed by atoms with Crippen molar-refractivity contribution in [3.8, 4) is 33.4 Å². The molecule has 1 aliphatic carbocycles. The lowest BCUT2D eigenvalue weighted by Gasteiger charge is -2.26. The molecular weight excluding hydrogens is 599 g/mol. The monoisotopic (exact) mass is 631 g/mol. The van der Waals surface area contributed by atoms with Crippen LogP contribution in [0, 0.1) is 0 Å². The Balaban J connectivity index is 1.11. The summed E-state index contributed by atoms with van der Waals surface area (Å²) in [5.41, 5.74) is 13.7. The minimum atomic E-state index is 1.09. The average molecular weight is 632 g/mol. The first-order valence-corrected chi connectivity index (χ1v) is 17.5. The highest BCUT2D eigenvalue weighted by atomic mass is 32.1. The molecule has 0 radical (unpaired) electrons. The Labute approximate surface area is 285 Å². The molecule has 0 bridgehead atoms. The first kappa shape index (κ1) is 28.5. The lowest BCUT2D eigenvalue weighted by atomic mass is 9.89. The minimum absolute atomic E-state index is 1.09. The number of allylic oxidation sites excluding steroid dienone is 1. The predicted molar refractivity (Wildman–Crippen MR) is 208 cm³/mol. The number of hydrogen-bond acceptors (Lipinski definition) is 2. The van der Waals surface area contributed by atoms with Crippen LogP contribution in [0.4, 0.5) is 17.1 Å². The summed E-state index contributed by atoms with van der Waals surface area (Å²) in [7, 11) is 0. The van der Waals surface area contributed by atoms with E-state index in [0.29, 0.717) is 0 Å². The molecule has 48 heavy (non-hydrogen) atoms. The van der Waals surface area contributed by atoms with Gasteiger partial charge in [-0.05, 0) is 106 Å². The summed E-state index contributed by atoms with van der Waals surface area (Å²) in [5.74, 6) is 0. The summed E-state index contributed by atoms with van der Waals surface area (Å²) in [5, 5.41) is 2.77. The number of fused-ring (bicyclic) bond motifs is 5. The number of anilines is 3. The molecule has 1 aliphatic rings. The highest BCUT2D eigenvalue weighted by Crippen LogP contribution is 2.45. The molecule has 228 valence electrons. The van der Waals surface area contributed by atoms with Crippen molar-refractivity contribution in [2.45, 2.75) is 12.8 Å². The van der Waals surface area contributed by atoms with Gasteiger partial charge in [0.15, 0.2) is 0 Å². The summed E-state index contributed by atoms with van der Waals surface area (Å²) in [4.78, 5) is 2.36. The minimum Gasteiger partial charge on any atom is -0.310 e. The van der Waals surface area contributed by atoms with Gasteiger partial charge in [0.25, 0.3) is 0 Å². The van der Waals surface area contributed by atoms with Gasteiger partial charge >= 0.3 is 0 Å². The Morgan fingerprint density at radius 2 is 1.08 bits per heavy atom. The van der Waals surface area contributed by atoms with Gasteiger partial charge in [-0.2, -0.15) is 0 Å². The molecule has 0 fully saturated rings. The van der Waals surface area contributed by atoms with Crippen LogP contribution in [-0.4, -0.2) is 0 Å². The zero-order valence-corrected chi connectivity index (χ0v) is 27.3. The maximum Gasteiger partial charge on any atom is 0.0467 e. The van der Waals surface area contributed by atoms with Gasteiger partial charge in [-0.1, -0.05) is 127 Å². The maximum atomic E-state index is 2.45. The van der Waals surface area contributed by atoms with Crippen LogP contribution in [0.15, 0.2) is 170 Å². The Kier molecular flexibility index (Phi) is 7.22. The van der Waals surface area contributed by atoms with Crippen molar-refractivity contribution in [3.63, 3.8) is 0 Å². The quantitative estimate of drug-likeness (QED) is 0.176. The van der Waals surface area contributed by atoms with Gasteiger partial charge < -0.3 is 4.90 Å². The number of para-hydroxylation sites is 1. The van der Waals surface area contributed by atoms with Crippen LogP contribution in [0.25, 0.3) is 59.6 Å². The lowest BCUT2D eigenvalue weighted by molar-refractivity contribution is 0.991. The Morgan fingerprint density at radius 3 is 1.88 bits per heavy atom. The third-order valence-corrected chi connectivity index (χ3v) is 10.7. The molecule has 0 unspecified atom stereocenters. The summed E-state index contributed by atoms with van der Waals surface area (Å²) in [6.07, 6.45) is 6.86. The van der Waals surface area contributed by atoms with E-state index in [4.69, 9.17) is 0 Å². The second kappa shape index (κ2) is 12.2. The molecule has 1 nitrogen and oxygen atoms in total. The molecule has 2 heteroatoms. The number of rotatable bonds is 6. The van der Waals surface area contributed by atoms with Gasteiger partial charge in [-0.3, -0.25) is 0 Å². The van der Waals surface area contributed by atoms with Gasteiger partial charge in [0.05, 0.1) is 0 Å². The van der Waals surface area contributed by atoms with Gasteiger partial charge in [-0.15, -0.1) is 11.3 Å². The molecule has 0 saturated heterocycles. The van der Waals surface area contributed by atoms with Crippen molar-refractivity contribution in [1.82, 2.24) is 0 Å². The Bertz CT molecular complexity index is 2420. The molecule has 1 heterocycles. The normalized spacial score (nSPS) is 12.3. The van der Waals surface area contributed by atoms with Crippen LogP contribution in [-0.2, 0) is 6.42 Å². The number of aryl methyl sites for hydroxylation is 1. The first-order chi connectivity index (χ1) is 23.8. The summed E-state index contributed by atoms with van der Waals surface area (Å²) in [6, 6.07) is 59.5. The van der Waals surface area contributed by atoms with E-state index in [0.717, 1.165) is 29.9 Å². The third-order valence-electron chi connectivity index (χ3n) is 9.52. The smallest absolute Gasteiger partial charge is 0.0467 e. The molecule has 7 aromatic carbocycles. The molecule has 9 rings (SSSR count). The standard InChI is InChI=1S/C46H33NS/c1-3-12-32(13-4-1)33-22-24-34(25-23-33)36-15-11-18-40(30-36)47(38-16-5-2-6-17-38)39-28-26-35(27-29-39)43-31-37-14-7-8-19-41(37)45-42-20-9-10-21-44(42)48-46(43)45/h1-6,8-13,15-31H,7,14H2. The van der Waals surface area contributed by atoms with Gasteiger partial charge in [0.2, 0.25) is 0 Å². The van der Waals surface area contributed by atoms with E-state index < -0.39 is 0 Å². The third kappa shape index (κ3) is 5.12. The van der Waals surface area contributed by atoms with Crippen molar-refractivity contribution >= 4 is 54.6 Å². The zero-order valence-electron chi connectivity index (χ0n) is 26.5. The highest BCUT2D eigenvalue weighted by molar-refractivity contribution is 7.26. The van der Waals surface area contributed by atoms with E-state index in [1.807, 2.05) is 11.3 Å². The Morgan fingerprint density at radius 1 is 0.479 bits per heavy atom. The molecule has 0 spiro atoms. The summed E-state index contributed by atoms with van der Waals surface area (Å²) < 4.78 is 2.72. The van der Waals surface area contributed by atoms with Gasteiger partial charge in [0.1, 0.15) is 0 Å². The fraction of sp³-hybridized carbons (Fsp3) is 0.0435. The van der Waals surface area contributed by atoms with Crippen LogP contribution in [0.2, 0.25) is 0 Å². The second-order valence-corrected chi connectivity index (χ2v) is 13.5. The lowest BCUT2D eigenvalue weighted by Crippen LogP contribution is -2.09. The van der Waals surface area contributed by atoms with Crippen molar-refractivity contribution in [3.05, 3.63) is 181 Å². The molecule has 8 aromatic rings. The SMILES string of the molecule is C1=Cc2c(cc(-c3ccc(N(c4ccccc4)c4cccc(-c5ccc(-c6ccccc6)cc5)c4)cc3)c3sc4ccccc4c23)CC1. The van der Waals surface area contributed by atoms with E-state index in [-0.39, 0.29) is 0 Å². The maximum absolute atomic E-state index is 2.45. The van der Waals surface area contributed by atoms with Crippen LogP contribution in [0.1, 0.15) is 17.5 Å². The van der Waals surface area contributed by atoms with Crippen LogP contribution in [0.3, 0.4) is 0 Å². The molecular formula is C46H33NS. The van der Waals surface area contributed by atoms with E-state index in [2.05, 4.69) is 181 Å². The van der Waals surface area contributed by atoms with Crippen molar-refractivity contribution in [2.75, 3.05) is 4.90 Å². The number of nitrogens with zero attached hydrogens (tertiary/aromatic N) is 1. The number of hydrogen-bond donors (Lipinski definition) is 0. The van der Waals surface area contributed by atoms with E-state index in [9.17, 15) is 0 Å². The first-order valence-electron chi connectivity index (χ1n) is 16.7. The molecule has 0 N–H and O–H groups in total. The summed E-state index contributed by atoms with van der Waals surface area (Å²) in [6.45, 7) is 0. The predicted octanol–water partition coefficient (Wildman–Crippen LogP) is 13.5. The number of benzene rings is 7. The van der Waals surface area contributed by atoms with Crippen LogP contribution < -0.4 is 4.90 Å². The second-order valence-electron chi connectivity index (χ2n) is 12.5. The molecule has 0 amide bonds. The van der Waals surface area contributed by atoms with E-state index in [1.165, 1.54) is 64.7 Å². The molecule has 0 atom stereocenters. The van der Waals surface area contributed by atoms with Crippen molar-refractivity contribution < 1.29 is 0 Å². The largest absolute Gasteiger partial charge is 0.310 e. The van der Waals surface area contributed by atoms with Gasteiger partial charge in [0, 0.05) is 37.2 Å². The zero-order chi connectivity index (χ0) is 31.9. The van der Waals surface area contributed by atoms with E-state index >= 15 is 0 Å². The van der Waals surface area contributed by atoms with Gasteiger partial charge in [-0.25, -0.2) is 0 Å². The van der Waals surface area contributed by atoms with Crippen molar-refractivity contribution in [2.24, 2.45) is 0 Å². The Hall–Kier alpha value is -5.70. The van der Waals surface area contributed by atoms with Crippen molar-refractivity contribution in [1.29, 1.82) is 0 Å². The average Bonchev–Trinajstić information content (AvgIpc) is 3.56. The fourth-order valence-corrected chi connectivity index (χ4v) is 8.41. The molecule has 0 saturated carbocycles. The topological polar surface area (TPSA) is 3.24 Å². The molecule has 1 aromatic heterocycles. The van der Waals surface area contributed by atoms with E-state index in [1.54, 1.807) is 0 Å². The number of thiophene rings is 1. The van der Waals surface area contributed by atoms with Crippen LogP contribution >= 0.6 is 11.3 Å². The fourth-order valence-electron chi connectivity index (χ4n) is 7.16. The molecule has 0 aliphatic heterocycles.